The number of amides is 5. The van der Waals surface area contributed by atoms with E-state index in [-0.39, 0.29) is 61.6 Å². The molecule has 1 atom stereocenters. The summed E-state index contributed by atoms with van der Waals surface area (Å²) in [7, 11) is 0. The molecule has 1 unspecified atom stereocenters. The second kappa shape index (κ2) is 35.3. The average molecular weight is 956 g/mol. The number of aliphatic carboxylic acids is 1. The topological polar surface area (TPSA) is 286 Å². The highest BCUT2D eigenvalue weighted by molar-refractivity contribution is 6.32. The molecule has 0 aromatic heterocycles. The fraction of sp³-hybridized carbons (Fsp3) is 0.682. The zero-order valence-electron chi connectivity index (χ0n) is 38.0. The number of ketones is 1. The number of carbonyl (C=O) groups excluding carboxylic acids is 7. The van der Waals surface area contributed by atoms with Crippen LogP contribution in [-0.4, -0.2) is 202 Å². The molecule has 376 valence electrons. The summed E-state index contributed by atoms with van der Waals surface area (Å²) in [6.45, 7) is 8.09. The normalized spacial score (nSPS) is 14.6. The Balaban J connectivity index is 0.973. The van der Waals surface area contributed by atoms with E-state index in [1.807, 2.05) is 0 Å². The number of carbonyl (C=O) groups is 8. The van der Waals surface area contributed by atoms with Crippen LogP contribution in [0.5, 0.6) is 0 Å². The molecule has 0 radical (unpaired) electrons. The maximum Gasteiger partial charge on any atom is 0.372 e. The molecule has 23 nitrogen and oxygen atoms in total. The highest BCUT2D eigenvalue weighted by Gasteiger charge is 2.45. The third kappa shape index (κ3) is 24.2. The quantitative estimate of drug-likeness (QED) is 0.0352. The number of nitrogens with zero attached hydrogens (tertiary/aromatic N) is 1. The predicted octanol–water partition coefficient (Wildman–Crippen LogP) is 0.730. The first kappa shape index (κ1) is 56.5. The number of unbranched alkanes of at least 4 members (excludes halogenated alkanes) is 2. The Bertz CT molecular complexity index is 1700. The molecule has 0 bridgehead atoms. The van der Waals surface area contributed by atoms with Crippen molar-refractivity contribution < 1.29 is 95.6 Å². The molecule has 3 rings (SSSR count). The molecule has 0 spiro atoms. The number of hydrogen-bond donors (Lipinski definition) is 3. The fourth-order valence-electron chi connectivity index (χ4n) is 6.19. The fourth-order valence-corrected chi connectivity index (χ4v) is 6.19. The number of piperidine rings is 1. The van der Waals surface area contributed by atoms with Gasteiger partial charge in [0, 0.05) is 25.9 Å². The van der Waals surface area contributed by atoms with E-state index in [1.165, 1.54) is 6.07 Å². The Morgan fingerprint density at radius 3 is 1.49 bits per heavy atom. The summed E-state index contributed by atoms with van der Waals surface area (Å²) in [5.74, 6) is -6.04. The Morgan fingerprint density at radius 2 is 1.03 bits per heavy atom. The van der Waals surface area contributed by atoms with Crippen molar-refractivity contribution in [1.29, 1.82) is 0 Å². The first-order chi connectivity index (χ1) is 32.6. The highest BCUT2D eigenvalue weighted by Crippen LogP contribution is 2.32. The van der Waals surface area contributed by atoms with Gasteiger partial charge in [-0.2, -0.15) is 0 Å². The lowest BCUT2D eigenvalue weighted by Gasteiger charge is -2.27. The standard InChI is InChI=1S/C44H65N3O20/c48-36(44(55)56)9-11-39(51)67-32-31-66-30-29-65-28-27-64-26-25-63-24-23-62-22-21-61-20-19-60-18-17-59-16-15-58-14-13-57-12-3-1-2-7-37(49)45-34-6-4-5-33-40(34)43(54)47(42(33)53)35-8-10-38(50)46-41(35)52/h4-6,35H,1-3,7-32H2,(H,45,49)(H,55,56)(H,46,50,52). The van der Waals surface area contributed by atoms with Crippen LogP contribution in [-0.2, 0) is 80.9 Å². The Kier molecular flexibility index (Phi) is 29.8. The number of nitrogens with one attached hydrogen (secondary N) is 2. The molecular weight excluding hydrogens is 890 g/mol. The van der Waals surface area contributed by atoms with E-state index in [0.29, 0.717) is 132 Å². The molecule has 3 N–H and O–H groups in total. The minimum atomic E-state index is -1.57. The largest absolute Gasteiger partial charge is 0.476 e. The smallest absolute Gasteiger partial charge is 0.372 e. The van der Waals surface area contributed by atoms with Crippen LogP contribution in [0.3, 0.4) is 0 Å². The highest BCUT2D eigenvalue weighted by atomic mass is 16.6. The molecule has 1 aromatic carbocycles. The van der Waals surface area contributed by atoms with Crippen LogP contribution in [0.2, 0.25) is 0 Å². The molecule has 2 heterocycles. The van der Waals surface area contributed by atoms with Crippen LogP contribution in [0.1, 0.15) is 72.1 Å². The van der Waals surface area contributed by atoms with Crippen molar-refractivity contribution in [2.45, 2.75) is 57.4 Å². The monoisotopic (exact) mass is 955 g/mol. The zero-order chi connectivity index (χ0) is 48.3. The minimum absolute atomic E-state index is 0.00226. The second-order valence-electron chi connectivity index (χ2n) is 14.6. The number of ether oxygens (including phenoxy) is 11. The molecule has 5 amide bonds. The van der Waals surface area contributed by atoms with Crippen LogP contribution in [0.4, 0.5) is 5.69 Å². The molecule has 1 saturated heterocycles. The van der Waals surface area contributed by atoms with Crippen LogP contribution >= 0.6 is 0 Å². The van der Waals surface area contributed by atoms with Crippen LogP contribution < -0.4 is 10.6 Å². The Morgan fingerprint density at radius 1 is 0.567 bits per heavy atom. The van der Waals surface area contributed by atoms with E-state index in [4.69, 9.17) is 57.2 Å². The summed E-state index contributed by atoms with van der Waals surface area (Å²) >= 11 is 0. The van der Waals surface area contributed by atoms with Gasteiger partial charge >= 0.3 is 11.9 Å². The van der Waals surface area contributed by atoms with Crippen molar-refractivity contribution in [1.82, 2.24) is 10.2 Å². The predicted molar refractivity (Wildman–Crippen MR) is 231 cm³/mol. The van der Waals surface area contributed by atoms with Crippen LogP contribution in [0.25, 0.3) is 0 Å². The summed E-state index contributed by atoms with van der Waals surface area (Å²) in [4.78, 5) is 96.3. The molecule has 0 aliphatic carbocycles. The van der Waals surface area contributed by atoms with Crippen molar-refractivity contribution in [2.24, 2.45) is 0 Å². The van der Waals surface area contributed by atoms with Gasteiger partial charge in [-0.15, -0.1) is 0 Å². The summed E-state index contributed by atoms with van der Waals surface area (Å²) in [6.07, 6.45) is 1.69. The number of anilines is 1. The van der Waals surface area contributed by atoms with Gasteiger partial charge in [0.1, 0.15) is 12.6 Å². The maximum absolute atomic E-state index is 13.2. The van der Waals surface area contributed by atoms with Gasteiger partial charge < -0.3 is 62.5 Å². The first-order valence-corrected chi connectivity index (χ1v) is 22.4. The van der Waals surface area contributed by atoms with E-state index >= 15 is 0 Å². The minimum Gasteiger partial charge on any atom is -0.476 e. The number of Topliss-reactive ketones (excluding diaryl/α,β-unsaturated/α-hetero) is 1. The van der Waals surface area contributed by atoms with Gasteiger partial charge in [-0.3, -0.25) is 43.8 Å². The molecule has 2 aliphatic heterocycles. The number of carboxylic acid groups (broad SMARTS) is 1. The van der Waals surface area contributed by atoms with Crippen molar-refractivity contribution in [2.75, 3.05) is 144 Å². The summed E-state index contributed by atoms with van der Waals surface area (Å²) in [5.41, 5.74) is 0.351. The maximum atomic E-state index is 13.2. The van der Waals surface area contributed by atoms with E-state index in [1.54, 1.807) is 12.1 Å². The molecule has 67 heavy (non-hydrogen) atoms. The van der Waals surface area contributed by atoms with E-state index in [2.05, 4.69) is 10.6 Å². The number of imide groups is 2. The molecule has 1 fully saturated rings. The zero-order valence-corrected chi connectivity index (χ0v) is 38.0. The van der Waals surface area contributed by atoms with Crippen molar-refractivity contribution in [3.63, 3.8) is 0 Å². The molecule has 1 aromatic rings. The molecular formula is C44H65N3O20. The lowest BCUT2D eigenvalue weighted by Crippen LogP contribution is -2.54. The molecule has 23 heteroatoms. The van der Waals surface area contributed by atoms with Crippen molar-refractivity contribution in [3.05, 3.63) is 29.3 Å². The van der Waals surface area contributed by atoms with Gasteiger partial charge in [0.15, 0.2) is 0 Å². The lowest BCUT2D eigenvalue weighted by atomic mass is 10.0. The van der Waals surface area contributed by atoms with Gasteiger partial charge in [-0.1, -0.05) is 12.5 Å². The first-order valence-electron chi connectivity index (χ1n) is 22.4. The van der Waals surface area contributed by atoms with E-state index < -0.39 is 53.8 Å². The molecule has 0 saturated carbocycles. The van der Waals surface area contributed by atoms with Crippen molar-refractivity contribution in [3.8, 4) is 0 Å². The number of esters is 1. The van der Waals surface area contributed by atoms with Crippen molar-refractivity contribution >= 4 is 52.9 Å². The lowest BCUT2D eigenvalue weighted by molar-refractivity contribution is -0.151. The second-order valence-corrected chi connectivity index (χ2v) is 14.6. The third-order valence-electron chi connectivity index (χ3n) is 9.57. The average Bonchev–Trinajstić information content (AvgIpc) is 3.56. The van der Waals surface area contributed by atoms with Gasteiger partial charge in [0.25, 0.3) is 11.8 Å². The number of benzene rings is 1. The van der Waals surface area contributed by atoms with E-state index in [9.17, 15) is 38.4 Å². The number of carboxylic acids is 1. The number of fused-ring (bicyclic) bond motifs is 1. The van der Waals surface area contributed by atoms with Gasteiger partial charge in [0.2, 0.25) is 23.5 Å². The van der Waals surface area contributed by atoms with Crippen LogP contribution in [0.15, 0.2) is 18.2 Å². The molecule has 2 aliphatic rings. The SMILES string of the molecule is O=C1CCC(N2C(=O)c3cccc(NC(=O)CCCCCOCCOCCOCCOCCOCCOCCOCCOCCOCCOCCOC(=O)CCC(=O)C(=O)O)c3C2=O)C(=O)N1. The summed E-state index contributed by atoms with van der Waals surface area (Å²) in [6, 6.07) is 3.49. The summed E-state index contributed by atoms with van der Waals surface area (Å²) in [5, 5.41) is 13.4. The van der Waals surface area contributed by atoms with Gasteiger partial charge in [-0.25, -0.2) is 4.79 Å². The van der Waals surface area contributed by atoms with E-state index in [0.717, 1.165) is 17.7 Å². The Labute approximate surface area is 388 Å². The number of rotatable bonds is 42. The number of hydrogen-bond acceptors (Lipinski definition) is 19. The third-order valence-corrected chi connectivity index (χ3v) is 9.57. The van der Waals surface area contributed by atoms with Crippen LogP contribution in [0, 0.1) is 0 Å². The Hall–Kier alpha value is -4.82. The van der Waals surface area contributed by atoms with Gasteiger partial charge in [-0.05, 0) is 31.4 Å². The van der Waals surface area contributed by atoms with Gasteiger partial charge in [0.05, 0.1) is 149 Å². The summed E-state index contributed by atoms with van der Waals surface area (Å²) < 4.78 is 59.4.